The molecule has 2 aromatic rings. The second-order valence-corrected chi connectivity index (χ2v) is 6.75. The average molecular weight is 350 g/mol. The summed E-state index contributed by atoms with van der Waals surface area (Å²) >= 11 is 3.49. The number of nitrogen functional groups attached to an aromatic ring is 1. The van der Waals surface area contributed by atoms with Crippen LogP contribution in [0.2, 0.25) is 0 Å². The maximum absolute atomic E-state index is 6.04. The molecule has 1 aliphatic rings. The highest BCUT2D eigenvalue weighted by atomic mass is 79.9. The Balaban J connectivity index is 1.84. The molecule has 1 heterocycles. The van der Waals surface area contributed by atoms with Gasteiger partial charge >= 0.3 is 0 Å². The number of hydrogen-bond donors (Lipinski definition) is 1. The minimum Gasteiger partial charge on any atom is -0.398 e. The molecule has 1 fully saturated rings. The minimum atomic E-state index is 0.754. The van der Waals surface area contributed by atoms with E-state index in [-0.39, 0.29) is 0 Å². The van der Waals surface area contributed by atoms with Crippen LogP contribution in [0.15, 0.2) is 16.6 Å². The van der Waals surface area contributed by atoms with Crippen LogP contribution in [0.3, 0.4) is 0 Å². The molecule has 6 heteroatoms. The summed E-state index contributed by atoms with van der Waals surface area (Å²) in [6, 6.07) is 3.94. The Morgan fingerprint density at radius 2 is 2.10 bits per heavy atom. The number of tetrazole rings is 1. The number of hydrogen-bond acceptors (Lipinski definition) is 4. The molecule has 21 heavy (non-hydrogen) atoms. The summed E-state index contributed by atoms with van der Waals surface area (Å²) in [4.78, 5) is 0. The molecule has 112 valence electrons. The molecule has 0 atom stereocenters. The Bertz CT molecular complexity index is 631. The number of nitrogens with two attached hydrogens (primary N) is 1. The third-order valence-corrected chi connectivity index (χ3v) is 4.87. The lowest BCUT2D eigenvalue weighted by Crippen LogP contribution is -2.08. The van der Waals surface area contributed by atoms with E-state index in [9.17, 15) is 0 Å². The first kappa shape index (κ1) is 14.5. The monoisotopic (exact) mass is 349 g/mol. The van der Waals surface area contributed by atoms with Crippen LogP contribution in [0.4, 0.5) is 5.69 Å². The van der Waals surface area contributed by atoms with Crippen LogP contribution in [-0.2, 0) is 6.54 Å². The lowest BCUT2D eigenvalue weighted by molar-refractivity contribution is 0.436. The quantitative estimate of drug-likeness (QED) is 0.856. The lowest BCUT2D eigenvalue weighted by Gasteiger charge is -2.12. The maximum atomic E-state index is 6.04. The zero-order valence-corrected chi connectivity index (χ0v) is 13.8. The summed E-state index contributed by atoms with van der Waals surface area (Å²) in [6.45, 7) is 2.88. The number of anilines is 1. The summed E-state index contributed by atoms with van der Waals surface area (Å²) in [5, 5.41) is 12.2. The van der Waals surface area contributed by atoms with Crippen molar-refractivity contribution in [3.8, 4) is 11.4 Å². The van der Waals surface area contributed by atoms with Crippen LogP contribution in [0.1, 0.15) is 37.7 Å². The van der Waals surface area contributed by atoms with Gasteiger partial charge in [-0.1, -0.05) is 41.6 Å². The molecule has 0 radical (unpaired) electrons. The zero-order valence-electron chi connectivity index (χ0n) is 12.2. The van der Waals surface area contributed by atoms with Crippen molar-refractivity contribution in [1.82, 2.24) is 20.2 Å². The average Bonchev–Trinajstić information content (AvgIpc) is 3.11. The van der Waals surface area contributed by atoms with E-state index < -0.39 is 0 Å². The van der Waals surface area contributed by atoms with Gasteiger partial charge in [-0.25, -0.2) is 4.68 Å². The normalized spacial score (nSPS) is 15.7. The fraction of sp³-hybridized carbons (Fsp3) is 0.533. The van der Waals surface area contributed by atoms with Crippen molar-refractivity contribution < 1.29 is 0 Å². The van der Waals surface area contributed by atoms with Crippen molar-refractivity contribution in [1.29, 1.82) is 0 Å². The van der Waals surface area contributed by atoms with Crippen LogP contribution in [-0.4, -0.2) is 20.2 Å². The standard InChI is InChI=1S/C15H20BrN5/c1-10-13(8-12(16)9-14(10)17)15-18-19-20-21(15)7-6-11-4-2-3-5-11/h8-9,11H,2-7,17H2,1H3. The van der Waals surface area contributed by atoms with Gasteiger partial charge in [0.15, 0.2) is 5.82 Å². The van der Waals surface area contributed by atoms with Gasteiger partial charge in [0, 0.05) is 22.3 Å². The van der Waals surface area contributed by atoms with Crippen LogP contribution >= 0.6 is 15.9 Å². The highest BCUT2D eigenvalue weighted by molar-refractivity contribution is 9.10. The van der Waals surface area contributed by atoms with E-state index in [1.54, 1.807) is 0 Å². The highest BCUT2D eigenvalue weighted by Crippen LogP contribution is 2.31. The number of halogens is 1. The highest BCUT2D eigenvalue weighted by Gasteiger charge is 2.18. The van der Waals surface area contributed by atoms with Gasteiger partial charge in [0.2, 0.25) is 0 Å². The number of benzene rings is 1. The number of aryl methyl sites for hydroxylation is 1. The fourth-order valence-corrected chi connectivity index (χ4v) is 3.56. The first-order valence-electron chi connectivity index (χ1n) is 7.47. The minimum absolute atomic E-state index is 0.754. The van der Waals surface area contributed by atoms with Gasteiger partial charge < -0.3 is 5.73 Å². The Morgan fingerprint density at radius 3 is 2.86 bits per heavy atom. The van der Waals surface area contributed by atoms with E-state index >= 15 is 0 Å². The molecule has 2 N–H and O–H groups in total. The van der Waals surface area contributed by atoms with Gasteiger partial charge in [-0.3, -0.25) is 0 Å². The predicted molar refractivity (Wildman–Crippen MR) is 86.7 cm³/mol. The molecule has 1 aliphatic carbocycles. The van der Waals surface area contributed by atoms with Crippen LogP contribution in [0, 0.1) is 12.8 Å². The predicted octanol–water partition coefficient (Wildman–Crippen LogP) is 3.57. The molecular formula is C15H20BrN5. The maximum Gasteiger partial charge on any atom is 0.182 e. The molecule has 0 aliphatic heterocycles. The molecule has 0 saturated heterocycles. The first-order valence-corrected chi connectivity index (χ1v) is 8.26. The van der Waals surface area contributed by atoms with Crippen molar-refractivity contribution in [2.24, 2.45) is 5.92 Å². The van der Waals surface area contributed by atoms with E-state index in [4.69, 9.17) is 5.73 Å². The zero-order chi connectivity index (χ0) is 14.8. The van der Waals surface area contributed by atoms with Gasteiger partial charge in [-0.15, -0.1) is 5.10 Å². The number of aromatic nitrogens is 4. The third-order valence-electron chi connectivity index (χ3n) is 4.41. The van der Waals surface area contributed by atoms with Crippen LogP contribution < -0.4 is 5.73 Å². The fourth-order valence-electron chi connectivity index (χ4n) is 3.08. The molecule has 1 saturated carbocycles. The first-order chi connectivity index (χ1) is 10.1. The van der Waals surface area contributed by atoms with E-state index in [1.807, 2.05) is 23.7 Å². The second kappa shape index (κ2) is 6.13. The van der Waals surface area contributed by atoms with Crippen molar-refractivity contribution in [3.05, 3.63) is 22.2 Å². The van der Waals surface area contributed by atoms with Gasteiger partial charge in [-0.2, -0.15) is 0 Å². The molecule has 3 rings (SSSR count). The van der Waals surface area contributed by atoms with Gasteiger partial charge in [-0.05, 0) is 47.4 Å². The Morgan fingerprint density at radius 1 is 1.33 bits per heavy atom. The van der Waals surface area contributed by atoms with E-state index in [1.165, 1.54) is 25.7 Å². The summed E-state index contributed by atoms with van der Waals surface area (Å²) < 4.78 is 2.86. The van der Waals surface area contributed by atoms with Crippen molar-refractivity contribution >= 4 is 21.6 Å². The smallest absolute Gasteiger partial charge is 0.182 e. The topological polar surface area (TPSA) is 69.6 Å². The molecule has 0 spiro atoms. The Kier molecular flexibility index (Phi) is 4.24. The summed E-state index contributed by atoms with van der Waals surface area (Å²) in [5.74, 6) is 1.63. The number of rotatable bonds is 4. The van der Waals surface area contributed by atoms with Crippen molar-refractivity contribution in [2.45, 2.75) is 45.6 Å². The van der Waals surface area contributed by atoms with Gasteiger partial charge in [0.1, 0.15) is 0 Å². The molecular weight excluding hydrogens is 330 g/mol. The summed E-state index contributed by atoms with van der Waals surface area (Å²) in [7, 11) is 0. The summed E-state index contributed by atoms with van der Waals surface area (Å²) in [6.07, 6.45) is 6.59. The molecule has 1 aromatic carbocycles. The lowest BCUT2D eigenvalue weighted by atomic mass is 10.0. The van der Waals surface area contributed by atoms with Gasteiger partial charge in [0.05, 0.1) is 0 Å². The van der Waals surface area contributed by atoms with E-state index in [0.717, 1.165) is 46.0 Å². The Hall–Kier alpha value is -1.43. The van der Waals surface area contributed by atoms with Crippen LogP contribution in [0.5, 0.6) is 0 Å². The molecule has 0 amide bonds. The van der Waals surface area contributed by atoms with Crippen molar-refractivity contribution in [2.75, 3.05) is 5.73 Å². The summed E-state index contributed by atoms with van der Waals surface area (Å²) in [5.41, 5.74) is 8.82. The van der Waals surface area contributed by atoms with Gasteiger partial charge in [0.25, 0.3) is 0 Å². The molecule has 0 bridgehead atoms. The third kappa shape index (κ3) is 3.10. The SMILES string of the molecule is Cc1c(N)cc(Br)cc1-c1nnnn1CCC1CCCC1. The largest absolute Gasteiger partial charge is 0.398 e. The molecule has 1 aromatic heterocycles. The van der Waals surface area contributed by atoms with Crippen LogP contribution in [0.25, 0.3) is 11.4 Å². The van der Waals surface area contributed by atoms with E-state index in [0.29, 0.717) is 0 Å². The van der Waals surface area contributed by atoms with Crippen molar-refractivity contribution in [3.63, 3.8) is 0 Å². The van der Waals surface area contributed by atoms with E-state index in [2.05, 4.69) is 31.5 Å². The molecule has 5 nitrogen and oxygen atoms in total. The molecule has 0 unspecified atom stereocenters. The second-order valence-electron chi connectivity index (χ2n) is 5.83. The number of nitrogens with zero attached hydrogens (tertiary/aromatic N) is 4. The Labute approximate surface area is 133 Å².